The van der Waals surface area contributed by atoms with Crippen molar-refractivity contribution in [3.8, 4) is 11.5 Å². The van der Waals surface area contributed by atoms with E-state index in [4.69, 9.17) is 9.47 Å². The van der Waals surface area contributed by atoms with Crippen LogP contribution in [-0.4, -0.2) is 18.0 Å². The number of hydrogen-bond donors (Lipinski definition) is 0. The van der Waals surface area contributed by atoms with Crippen molar-refractivity contribution in [1.29, 1.82) is 0 Å². The SMILES string of the molecule is CCOc1ccccc1OCCC1CC(CC)CCC1Br. The fourth-order valence-corrected chi connectivity index (χ4v) is 3.90. The number of benzene rings is 1. The maximum atomic E-state index is 5.96. The van der Waals surface area contributed by atoms with Gasteiger partial charge in [0.25, 0.3) is 0 Å². The maximum absolute atomic E-state index is 5.96. The molecule has 0 heterocycles. The van der Waals surface area contributed by atoms with E-state index in [1.807, 2.05) is 31.2 Å². The summed E-state index contributed by atoms with van der Waals surface area (Å²) in [5.74, 6) is 3.36. The molecule has 1 aliphatic rings. The van der Waals surface area contributed by atoms with Gasteiger partial charge in [-0.25, -0.2) is 0 Å². The highest BCUT2D eigenvalue weighted by atomic mass is 79.9. The van der Waals surface area contributed by atoms with Crippen LogP contribution >= 0.6 is 15.9 Å². The lowest BCUT2D eigenvalue weighted by atomic mass is 9.79. The monoisotopic (exact) mass is 354 g/mol. The summed E-state index contributed by atoms with van der Waals surface area (Å²) in [6, 6.07) is 7.95. The average molecular weight is 355 g/mol. The topological polar surface area (TPSA) is 18.5 Å². The van der Waals surface area contributed by atoms with Gasteiger partial charge in [-0.1, -0.05) is 41.4 Å². The summed E-state index contributed by atoms with van der Waals surface area (Å²) in [4.78, 5) is 0.658. The zero-order valence-electron chi connectivity index (χ0n) is 13.2. The van der Waals surface area contributed by atoms with E-state index in [9.17, 15) is 0 Å². The third-order valence-corrected chi connectivity index (χ3v) is 5.68. The molecule has 21 heavy (non-hydrogen) atoms. The van der Waals surface area contributed by atoms with E-state index in [2.05, 4.69) is 22.9 Å². The van der Waals surface area contributed by atoms with Crippen LogP contribution in [0.4, 0.5) is 0 Å². The van der Waals surface area contributed by atoms with Crippen LogP contribution in [-0.2, 0) is 0 Å². The third-order valence-electron chi connectivity index (χ3n) is 4.47. The summed E-state index contributed by atoms with van der Waals surface area (Å²) in [7, 11) is 0. The predicted octanol–water partition coefficient (Wildman–Crippen LogP) is 5.44. The Morgan fingerprint density at radius 2 is 1.81 bits per heavy atom. The molecule has 1 aliphatic carbocycles. The molecule has 3 atom stereocenters. The van der Waals surface area contributed by atoms with Crippen LogP contribution in [0.2, 0.25) is 0 Å². The second-order valence-corrected chi connectivity index (χ2v) is 7.06. The molecule has 0 bridgehead atoms. The van der Waals surface area contributed by atoms with Crippen LogP contribution < -0.4 is 9.47 Å². The van der Waals surface area contributed by atoms with E-state index in [1.165, 1.54) is 25.7 Å². The molecule has 1 saturated carbocycles. The highest BCUT2D eigenvalue weighted by molar-refractivity contribution is 9.09. The molecular weight excluding hydrogens is 328 g/mol. The molecule has 2 rings (SSSR count). The maximum Gasteiger partial charge on any atom is 0.161 e. The smallest absolute Gasteiger partial charge is 0.161 e. The fraction of sp³-hybridized carbons (Fsp3) is 0.667. The van der Waals surface area contributed by atoms with Crippen LogP contribution in [0.5, 0.6) is 11.5 Å². The van der Waals surface area contributed by atoms with Crippen LogP contribution in [0, 0.1) is 11.8 Å². The van der Waals surface area contributed by atoms with Crippen molar-refractivity contribution < 1.29 is 9.47 Å². The molecule has 0 saturated heterocycles. The van der Waals surface area contributed by atoms with E-state index < -0.39 is 0 Å². The molecule has 0 spiro atoms. The number of halogens is 1. The molecule has 0 radical (unpaired) electrons. The van der Waals surface area contributed by atoms with Crippen LogP contribution in [0.15, 0.2) is 24.3 Å². The van der Waals surface area contributed by atoms with Crippen molar-refractivity contribution in [2.75, 3.05) is 13.2 Å². The zero-order chi connectivity index (χ0) is 15.1. The van der Waals surface area contributed by atoms with Crippen molar-refractivity contribution in [2.45, 2.75) is 50.8 Å². The van der Waals surface area contributed by atoms with Gasteiger partial charge in [0.2, 0.25) is 0 Å². The molecular formula is C18H27BrO2. The Labute approximate surface area is 137 Å². The first-order chi connectivity index (χ1) is 10.2. The molecule has 0 aromatic heterocycles. The Balaban J connectivity index is 1.83. The standard InChI is InChI=1S/C18H27BrO2/c1-3-14-9-10-16(19)15(13-14)11-12-21-18-8-6-5-7-17(18)20-4-2/h5-8,14-16H,3-4,9-13H2,1-2H3. The lowest BCUT2D eigenvalue weighted by Crippen LogP contribution is -2.26. The van der Waals surface area contributed by atoms with Gasteiger partial charge in [-0.2, -0.15) is 0 Å². The van der Waals surface area contributed by atoms with Crippen LogP contribution in [0.25, 0.3) is 0 Å². The minimum absolute atomic E-state index is 0.658. The summed E-state index contributed by atoms with van der Waals surface area (Å²) >= 11 is 3.86. The number of hydrogen-bond acceptors (Lipinski definition) is 2. The van der Waals surface area contributed by atoms with Gasteiger partial charge in [-0.3, -0.25) is 0 Å². The highest BCUT2D eigenvalue weighted by Crippen LogP contribution is 2.37. The summed E-state index contributed by atoms with van der Waals surface area (Å²) in [6.07, 6.45) is 6.44. The molecule has 2 nitrogen and oxygen atoms in total. The summed E-state index contributed by atoms with van der Waals surface area (Å²) in [6.45, 7) is 5.75. The van der Waals surface area contributed by atoms with Gasteiger partial charge in [-0.05, 0) is 56.6 Å². The largest absolute Gasteiger partial charge is 0.490 e. The van der Waals surface area contributed by atoms with Crippen molar-refractivity contribution in [3.63, 3.8) is 0 Å². The number of ether oxygens (including phenoxy) is 2. The van der Waals surface area contributed by atoms with Crippen molar-refractivity contribution in [3.05, 3.63) is 24.3 Å². The van der Waals surface area contributed by atoms with Gasteiger partial charge in [0, 0.05) is 4.83 Å². The van der Waals surface area contributed by atoms with E-state index >= 15 is 0 Å². The molecule has 3 unspecified atom stereocenters. The first-order valence-corrected chi connectivity index (χ1v) is 9.14. The molecule has 3 heteroatoms. The Morgan fingerprint density at radius 3 is 2.48 bits per heavy atom. The first kappa shape index (κ1) is 16.7. The van der Waals surface area contributed by atoms with Gasteiger partial charge in [0.05, 0.1) is 13.2 Å². The zero-order valence-corrected chi connectivity index (χ0v) is 14.8. The van der Waals surface area contributed by atoms with Crippen molar-refractivity contribution >= 4 is 15.9 Å². The van der Waals surface area contributed by atoms with Gasteiger partial charge in [0.1, 0.15) is 0 Å². The summed E-state index contributed by atoms with van der Waals surface area (Å²) in [5.41, 5.74) is 0. The Kier molecular flexibility index (Phi) is 6.88. The van der Waals surface area contributed by atoms with E-state index in [1.54, 1.807) is 0 Å². The fourth-order valence-electron chi connectivity index (χ4n) is 3.16. The van der Waals surface area contributed by atoms with Gasteiger partial charge in [-0.15, -0.1) is 0 Å². The minimum Gasteiger partial charge on any atom is -0.490 e. The van der Waals surface area contributed by atoms with Gasteiger partial charge < -0.3 is 9.47 Å². The molecule has 118 valence electrons. The second kappa shape index (κ2) is 8.67. The van der Waals surface area contributed by atoms with Crippen LogP contribution in [0.1, 0.15) is 46.0 Å². The quantitative estimate of drug-likeness (QED) is 0.606. The van der Waals surface area contributed by atoms with Gasteiger partial charge >= 0.3 is 0 Å². The minimum atomic E-state index is 0.658. The molecule has 0 N–H and O–H groups in total. The summed E-state index contributed by atoms with van der Waals surface area (Å²) in [5, 5.41) is 0. The van der Waals surface area contributed by atoms with Crippen molar-refractivity contribution in [2.24, 2.45) is 11.8 Å². The summed E-state index contributed by atoms with van der Waals surface area (Å²) < 4.78 is 11.6. The number of para-hydroxylation sites is 2. The predicted molar refractivity (Wildman–Crippen MR) is 91.6 cm³/mol. The third kappa shape index (κ3) is 4.91. The number of alkyl halides is 1. The molecule has 1 aromatic carbocycles. The normalized spacial score (nSPS) is 25.6. The first-order valence-electron chi connectivity index (χ1n) is 8.23. The Morgan fingerprint density at radius 1 is 1.10 bits per heavy atom. The van der Waals surface area contributed by atoms with E-state index in [0.29, 0.717) is 11.4 Å². The molecule has 0 aliphatic heterocycles. The molecule has 1 aromatic rings. The lowest BCUT2D eigenvalue weighted by molar-refractivity contribution is 0.209. The Bertz CT molecular complexity index is 421. The van der Waals surface area contributed by atoms with Gasteiger partial charge in [0.15, 0.2) is 11.5 Å². The van der Waals surface area contributed by atoms with Crippen molar-refractivity contribution in [1.82, 2.24) is 0 Å². The van der Waals surface area contributed by atoms with E-state index in [-0.39, 0.29) is 0 Å². The van der Waals surface area contributed by atoms with Crippen LogP contribution in [0.3, 0.4) is 0 Å². The Hall–Kier alpha value is -0.700. The second-order valence-electron chi connectivity index (χ2n) is 5.88. The highest BCUT2D eigenvalue weighted by Gasteiger charge is 2.27. The lowest BCUT2D eigenvalue weighted by Gasteiger charge is -2.32. The van der Waals surface area contributed by atoms with E-state index in [0.717, 1.165) is 36.4 Å². The molecule has 1 fully saturated rings. The molecule has 0 amide bonds. The average Bonchev–Trinajstić information content (AvgIpc) is 2.51. The number of rotatable bonds is 7.